The molecule has 0 N–H and O–H groups in total. The molecule has 3 aromatic rings. The molecule has 1 aromatic carbocycles. The van der Waals surface area contributed by atoms with Crippen molar-refractivity contribution in [1.82, 2.24) is 19.4 Å². The molecule has 3 heterocycles. The minimum atomic E-state index is -1.27. The Morgan fingerprint density at radius 1 is 1.17 bits per heavy atom. The lowest BCUT2D eigenvalue weighted by Gasteiger charge is -2.26. The summed E-state index contributed by atoms with van der Waals surface area (Å²) in [6, 6.07) is 10.1. The third-order valence-corrected chi connectivity index (χ3v) is 7.69. The van der Waals surface area contributed by atoms with E-state index in [1.807, 2.05) is 30.5 Å². The van der Waals surface area contributed by atoms with Gasteiger partial charge in [-0.2, -0.15) is 0 Å². The SMILES string of the molecule is CCSc1ccnc(CS(=O)c2nc3ccccc3n2CCN2CCOCC2)c1C. The monoisotopic (exact) mass is 444 g/mol. The molecule has 1 unspecified atom stereocenters. The second kappa shape index (κ2) is 10.0. The fraction of sp³-hybridized carbons (Fsp3) is 0.455. The van der Waals surface area contributed by atoms with E-state index in [-0.39, 0.29) is 0 Å². The van der Waals surface area contributed by atoms with Crippen LogP contribution in [0.25, 0.3) is 11.0 Å². The van der Waals surface area contributed by atoms with Gasteiger partial charge in [0.05, 0.1) is 46.5 Å². The Morgan fingerprint density at radius 2 is 1.97 bits per heavy atom. The Labute approximate surface area is 184 Å². The van der Waals surface area contributed by atoms with Crippen molar-refractivity contribution in [2.75, 3.05) is 38.6 Å². The lowest BCUT2D eigenvalue weighted by Crippen LogP contribution is -2.38. The Balaban J connectivity index is 1.59. The molecule has 0 spiro atoms. The fourth-order valence-electron chi connectivity index (χ4n) is 3.71. The lowest BCUT2D eigenvalue weighted by atomic mass is 10.2. The van der Waals surface area contributed by atoms with Crippen molar-refractivity contribution in [2.45, 2.75) is 36.2 Å². The summed E-state index contributed by atoms with van der Waals surface area (Å²) in [6.07, 6.45) is 1.82. The van der Waals surface area contributed by atoms with Gasteiger partial charge in [0.1, 0.15) is 0 Å². The van der Waals surface area contributed by atoms with Crippen LogP contribution in [0.2, 0.25) is 0 Å². The molecule has 6 nitrogen and oxygen atoms in total. The Morgan fingerprint density at radius 3 is 2.77 bits per heavy atom. The Kier molecular flexibility index (Phi) is 7.20. The van der Waals surface area contributed by atoms with E-state index in [4.69, 9.17) is 9.72 Å². The zero-order chi connectivity index (χ0) is 20.9. The minimum Gasteiger partial charge on any atom is -0.379 e. The first kappa shape index (κ1) is 21.5. The highest BCUT2D eigenvalue weighted by Crippen LogP contribution is 2.26. The van der Waals surface area contributed by atoms with Crippen LogP contribution in [-0.4, -0.2) is 62.2 Å². The molecule has 1 saturated heterocycles. The van der Waals surface area contributed by atoms with Crippen molar-refractivity contribution in [2.24, 2.45) is 0 Å². The minimum absolute atomic E-state index is 0.380. The number of imidazole rings is 1. The van der Waals surface area contributed by atoms with Crippen LogP contribution in [0, 0.1) is 6.92 Å². The summed E-state index contributed by atoms with van der Waals surface area (Å²) in [4.78, 5) is 12.9. The number of nitrogens with zero attached hydrogens (tertiary/aromatic N) is 4. The molecule has 1 fully saturated rings. The van der Waals surface area contributed by atoms with Crippen LogP contribution in [-0.2, 0) is 27.8 Å². The number of fused-ring (bicyclic) bond motifs is 1. The summed E-state index contributed by atoms with van der Waals surface area (Å²) in [6.45, 7) is 9.30. The summed E-state index contributed by atoms with van der Waals surface area (Å²) in [5.74, 6) is 1.38. The van der Waals surface area contributed by atoms with Gasteiger partial charge in [-0.3, -0.25) is 14.1 Å². The van der Waals surface area contributed by atoms with Gasteiger partial charge in [-0.05, 0) is 36.4 Å². The molecule has 160 valence electrons. The number of morpholine rings is 1. The third-order valence-electron chi connectivity index (χ3n) is 5.39. The summed E-state index contributed by atoms with van der Waals surface area (Å²) in [7, 11) is -1.27. The molecule has 1 atom stereocenters. The number of pyridine rings is 1. The summed E-state index contributed by atoms with van der Waals surface area (Å²) >= 11 is 1.79. The first-order valence-electron chi connectivity index (χ1n) is 10.4. The zero-order valence-corrected chi connectivity index (χ0v) is 19.2. The molecular weight excluding hydrogens is 416 g/mol. The van der Waals surface area contributed by atoms with Crippen molar-refractivity contribution in [3.05, 3.63) is 47.8 Å². The van der Waals surface area contributed by atoms with Crippen LogP contribution < -0.4 is 0 Å². The highest BCUT2D eigenvalue weighted by molar-refractivity contribution is 7.99. The van der Waals surface area contributed by atoms with Gasteiger partial charge in [-0.1, -0.05) is 19.1 Å². The maximum atomic E-state index is 13.4. The summed E-state index contributed by atoms with van der Waals surface area (Å²) < 4.78 is 21.0. The van der Waals surface area contributed by atoms with E-state index in [0.717, 1.165) is 67.4 Å². The van der Waals surface area contributed by atoms with E-state index in [9.17, 15) is 4.21 Å². The van der Waals surface area contributed by atoms with Gasteiger partial charge >= 0.3 is 0 Å². The molecule has 0 saturated carbocycles. The Hall–Kier alpha value is -1.74. The second-order valence-corrected chi connectivity index (χ2v) is 9.94. The second-order valence-electron chi connectivity index (χ2n) is 7.29. The van der Waals surface area contributed by atoms with E-state index in [1.165, 1.54) is 4.90 Å². The normalized spacial score (nSPS) is 16.2. The molecule has 0 amide bonds. The molecule has 0 radical (unpaired) electrons. The fourth-order valence-corrected chi connectivity index (χ4v) is 5.82. The molecule has 1 aliphatic heterocycles. The quantitative estimate of drug-likeness (QED) is 0.496. The highest BCUT2D eigenvalue weighted by atomic mass is 32.2. The lowest BCUT2D eigenvalue weighted by molar-refractivity contribution is 0.0362. The van der Waals surface area contributed by atoms with Crippen molar-refractivity contribution in [1.29, 1.82) is 0 Å². The highest BCUT2D eigenvalue weighted by Gasteiger charge is 2.20. The Bertz CT molecular complexity index is 1030. The van der Waals surface area contributed by atoms with Gasteiger partial charge in [-0.25, -0.2) is 4.98 Å². The van der Waals surface area contributed by atoms with Gasteiger partial charge < -0.3 is 9.30 Å². The maximum absolute atomic E-state index is 13.4. The van der Waals surface area contributed by atoms with Crippen molar-refractivity contribution in [3.63, 3.8) is 0 Å². The molecule has 4 rings (SSSR count). The van der Waals surface area contributed by atoms with Crippen LogP contribution in [0.3, 0.4) is 0 Å². The zero-order valence-electron chi connectivity index (χ0n) is 17.5. The van der Waals surface area contributed by atoms with Crippen molar-refractivity contribution in [3.8, 4) is 0 Å². The van der Waals surface area contributed by atoms with Gasteiger partial charge in [0.25, 0.3) is 0 Å². The van der Waals surface area contributed by atoms with Crippen LogP contribution in [0.5, 0.6) is 0 Å². The molecule has 0 aliphatic carbocycles. The molecule has 8 heteroatoms. The standard InChI is InChI=1S/C22H28N4O2S2/c1-3-29-21-8-9-23-19(17(21)2)16-30(27)22-24-18-6-4-5-7-20(18)26(22)11-10-25-12-14-28-15-13-25/h4-9H,3,10-16H2,1-2H3. The van der Waals surface area contributed by atoms with Crippen molar-refractivity contribution < 1.29 is 8.95 Å². The molecule has 1 aliphatic rings. The number of hydrogen-bond acceptors (Lipinski definition) is 6. The molecule has 0 bridgehead atoms. The van der Waals surface area contributed by atoms with Gasteiger partial charge in [0.2, 0.25) is 5.16 Å². The smallest absolute Gasteiger partial charge is 0.200 e. The molecule has 30 heavy (non-hydrogen) atoms. The number of rotatable bonds is 8. The number of benzene rings is 1. The third kappa shape index (κ3) is 4.77. The predicted octanol–water partition coefficient (Wildman–Crippen LogP) is 3.49. The van der Waals surface area contributed by atoms with E-state index < -0.39 is 10.8 Å². The average Bonchev–Trinajstić information content (AvgIpc) is 3.15. The van der Waals surface area contributed by atoms with Gasteiger partial charge in [-0.15, -0.1) is 11.8 Å². The van der Waals surface area contributed by atoms with Crippen LogP contribution in [0.1, 0.15) is 18.2 Å². The number of ether oxygens (including phenoxy) is 1. The van der Waals surface area contributed by atoms with E-state index in [0.29, 0.717) is 10.9 Å². The maximum Gasteiger partial charge on any atom is 0.200 e. The molecular formula is C22H28N4O2S2. The molecule has 2 aromatic heterocycles. The summed E-state index contributed by atoms with van der Waals surface area (Å²) in [5.41, 5.74) is 3.93. The van der Waals surface area contributed by atoms with Crippen LogP contribution in [0.15, 0.2) is 46.6 Å². The van der Waals surface area contributed by atoms with E-state index >= 15 is 0 Å². The van der Waals surface area contributed by atoms with Crippen LogP contribution in [0.4, 0.5) is 0 Å². The number of para-hydroxylation sites is 2. The topological polar surface area (TPSA) is 60.2 Å². The number of aromatic nitrogens is 3. The predicted molar refractivity (Wildman–Crippen MR) is 122 cm³/mol. The van der Waals surface area contributed by atoms with Gasteiger partial charge in [0.15, 0.2) is 0 Å². The summed E-state index contributed by atoms with van der Waals surface area (Å²) in [5, 5.41) is 0.638. The van der Waals surface area contributed by atoms with E-state index in [2.05, 4.69) is 34.4 Å². The first-order chi connectivity index (χ1) is 14.7. The number of hydrogen-bond donors (Lipinski definition) is 0. The van der Waals surface area contributed by atoms with Crippen LogP contribution >= 0.6 is 11.8 Å². The van der Waals surface area contributed by atoms with Crippen molar-refractivity contribution >= 4 is 33.6 Å². The largest absolute Gasteiger partial charge is 0.379 e. The number of thioether (sulfide) groups is 1. The van der Waals surface area contributed by atoms with E-state index in [1.54, 1.807) is 11.8 Å². The first-order valence-corrected chi connectivity index (χ1v) is 12.7. The average molecular weight is 445 g/mol. The van der Waals surface area contributed by atoms with Gasteiger partial charge in [0, 0.05) is 37.3 Å².